The summed E-state index contributed by atoms with van der Waals surface area (Å²) in [5.74, 6) is 0.389. The Labute approximate surface area is 160 Å². The van der Waals surface area contributed by atoms with E-state index in [4.69, 9.17) is 10.5 Å². The van der Waals surface area contributed by atoms with Crippen LogP contribution in [0.2, 0.25) is 0 Å². The van der Waals surface area contributed by atoms with Crippen LogP contribution in [-0.2, 0) is 11.4 Å². The maximum Gasteiger partial charge on any atom is 0.237 e. The van der Waals surface area contributed by atoms with Crippen LogP contribution in [-0.4, -0.2) is 11.9 Å². The van der Waals surface area contributed by atoms with Crippen molar-refractivity contribution >= 4 is 18.3 Å². The van der Waals surface area contributed by atoms with Gasteiger partial charge in [-0.25, -0.2) is 4.39 Å². The summed E-state index contributed by atoms with van der Waals surface area (Å²) in [4.78, 5) is 12.0. The molecule has 0 bridgehead atoms. The maximum atomic E-state index is 12.9. The summed E-state index contributed by atoms with van der Waals surface area (Å²) < 4.78 is 18.6. The molecule has 0 saturated carbocycles. The Morgan fingerprint density at radius 3 is 2.19 bits per heavy atom. The highest BCUT2D eigenvalue weighted by Crippen LogP contribution is 2.19. The van der Waals surface area contributed by atoms with Gasteiger partial charge in [-0.15, -0.1) is 12.4 Å². The Morgan fingerprint density at radius 1 is 1.08 bits per heavy atom. The van der Waals surface area contributed by atoms with Gasteiger partial charge in [-0.2, -0.15) is 0 Å². The third-order valence-corrected chi connectivity index (χ3v) is 4.08. The summed E-state index contributed by atoms with van der Waals surface area (Å²) in [5.41, 5.74) is 7.73. The molecule has 0 aromatic heterocycles. The molecule has 2 aromatic carbocycles. The number of amides is 1. The highest BCUT2D eigenvalue weighted by atomic mass is 35.5. The molecule has 0 radical (unpaired) electrons. The minimum atomic E-state index is -0.513. The highest BCUT2D eigenvalue weighted by molar-refractivity contribution is 5.85. The van der Waals surface area contributed by atoms with Crippen LogP contribution in [0.1, 0.15) is 37.9 Å². The molecule has 2 rings (SSSR count). The van der Waals surface area contributed by atoms with Gasteiger partial charge in [-0.05, 0) is 48.2 Å². The molecular weight excluding hydrogens is 355 g/mol. The number of carbonyl (C=O) groups excluding carboxylic acids is 1. The second kappa shape index (κ2) is 10.1. The first-order valence-electron chi connectivity index (χ1n) is 8.40. The fourth-order valence-corrected chi connectivity index (χ4v) is 2.30. The molecule has 3 N–H and O–H groups in total. The van der Waals surface area contributed by atoms with Gasteiger partial charge in [0.1, 0.15) is 18.2 Å². The molecule has 0 spiro atoms. The lowest BCUT2D eigenvalue weighted by Gasteiger charge is -2.20. The number of hydrogen-bond acceptors (Lipinski definition) is 3. The molecule has 1 amide bonds. The second-order valence-electron chi connectivity index (χ2n) is 6.48. The van der Waals surface area contributed by atoms with E-state index in [-0.39, 0.29) is 36.1 Å². The van der Waals surface area contributed by atoms with E-state index in [9.17, 15) is 9.18 Å². The van der Waals surface area contributed by atoms with Crippen molar-refractivity contribution in [3.63, 3.8) is 0 Å². The molecule has 0 aliphatic rings. The molecule has 4 nitrogen and oxygen atoms in total. The van der Waals surface area contributed by atoms with Gasteiger partial charge in [0.15, 0.2) is 0 Å². The highest BCUT2D eigenvalue weighted by Gasteiger charge is 2.19. The topological polar surface area (TPSA) is 64.4 Å². The van der Waals surface area contributed by atoms with Crippen LogP contribution in [0.4, 0.5) is 4.39 Å². The van der Waals surface area contributed by atoms with Crippen molar-refractivity contribution in [1.82, 2.24) is 5.32 Å². The van der Waals surface area contributed by atoms with Gasteiger partial charge in [-0.3, -0.25) is 4.79 Å². The van der Waals surface area contributed by atoms with Crippen LogP contribution in [0.5, 0.6) is 5.75 Å². The van der Waals surface area contributed by atoms with Crippen molar-refractivity contribution in [3.8, 4) is 5.75 Å². The number of ether oxygens (including phenoxy) is 1. The Hall–Kier alpha value is -2.11. The van der Waals surface area contributed by atoms with Crippen LogP contribution in [0, 0.1) is 11.7 Å². The zero-order valence-corrected chi connectivity index (χ0v) is 16.1. The average molecular weight is 381 g/mol. The summed E-state index contributed by atoms with van der Waals surface area (Å²) in [6.45, 7) is 6.12. The number of benzene rings is 2. The van der Waals surface area contributed by atoms with Crippen LogP contribution in [0.25, 0.3) is 0 Å². The van der Waals surface area contributed by atoms with Gasteiger partial charge in [0, 0.05) is 0 Å². The number of nitrogens with two attached hydrogens (primary N) is 1. The minimum Gasteiger partial charge on any atom is -0.489 e. The van der Waals surface area contributed by atoms with Crippen LogP contribution in [0.3, 0.4) is 0 Å². The van der Waals surface area contributed by atoms with Crippen molar-refractivity contribution < 1.29 is 13.9 Å². The van der Waals surface area contributed by atoms with Crippen molar-refractivity contribution in [3.05, 3.63) is 65.5 Å². The number of rotatable bonds is 7. The Kier molecular flexibility index (Phi) is 8.55. The van der Waals surface area contributed by atoms with Gasteiger partial charge >= 0.3 is 0 Å². The number of halogens is 2. The van der Waals surface area contributed by atoms with Gasteiger partial charge in [0.25, 0.3) is 0 Å². The van der Waals surface area contributed by atoms with E-state index < -0.39 is 6.04 Å². The maximum absolute atomic E-state index is 12.9. The lowest BCUT2D eigenvalue weighted by molar-refractivity contribution is -0.123. The Bertz CT molecular complexity index is 690. The van der Waals surface area contributed by atoms with Gasteiger partial charge in [0.05, 0.1) is 12.1 Å². The monoisotopic (exact) mass is 380 g/mol. The molecule has 1 unspecified atom stereocenters. The molecule has 0 fully saturated rings. The van der Waals surface area contributed by atoms with Gasteiger partial charge < -0.3 is 15.8 Å². The first-order chi connectivity index (χ1) is 11.9. The number of nitrogens with one attached hydrogen (secondary N) is 1. The molecule has 26 heavy (non-hydrogen) atoms. The van der Waals surface area contributed by atoms with Crippen molar-refractivity contribution in [2.75, 3.05) is 0 Å². The third kappa shape index (κ3) is 6.32. The van der Waals surface area contributed by atoms with Crippen molar-refractivity contribution in [1.29, 1.82) is 0 Å². The first-order valence-corrected chi connectivity index (χ1v) is 8.40. The van der Waals surface area contributed by atoms with E-state index >= 15 is 0 Å². The van der Waals surface area contributed by atoms with Gasteiger partial charge in [0.2, 0.25) is 5.91 Å². The third-order valence-electron chi connectivity index (χ3n) is 4.08. The van der Waals surface area contributed by atoms with E-state index in [1.165, 1.54) is 12.1 Å². The number of hydrogen-bond donors (Lipinski definition) is 2. The summed E-state index contributed by atoms with van der Waals surface area (Å²) in [7, 11) is 0. The van der Waals surface area contributed by atoms with Crippen LogP contribution < -0.4 is 15.8 Å². The van der Waals surface area contributed by atoms with E-state index in [1.807, 2.05) is 45.0 Å². The SMILES string of the molecule is CC(NC(=O)[C@@H](N)C(C)C)c1ccc(OCc2ccc(F)cc2)cc1.Cl. The lowest BCUT2D eigenvalue weighted by Crippen LogP contribution is -2.44. The van der Waals surface area contributed by atoms with Crippen molar-refractivity contribution in [2.24, 2.45) is 11.7 Å². The van der Waals surface area contributed by atoms with E-state index in [0.717, 1.165) is 11.1 Å². The van der Waals surface area contributed by atoms with Crippen LogP contribution in [0.15, 0.2) is 48.5 Å². The average Bonchev–Trinajstić information content (AvgIpc) is 2.60. The fourth-order valence-electron chi connectivity index (χ4n) is 2.30. The molecule has 0 aliphatic carbocycles. The predicted molar refractivity (Wildman–Crippen MR) is 104 cm³/mol. The largest absolute Gasteiger partial charge is 0.489 e. The van der Waals surface area contributed by atoms with E-state index in [2.05, 4.69) is 5.32 Å². The second-order valence-corrected chi connectivity index (χ2v) is 6.48. The fraction of sp³-hybridized carbons (Fsp3) is 0.350. The lowest BCUT2D eigenvalue weighted by atomic mass is 10.0. The predicted octanol–water partition coefficient (Wildman–Crippen LogP) is 3.99. The molecule has 0 aliphatic heterocycles. The summed E-state index contributed by atoms with van der Waals surface area (Å²) >= 11 is 0. The van der Waals surface area contributed by atoms with E-state index in [1.54, 1.807) is 12.1 Å². The molecule has 6 heteroatoms. The molecule has 2 atom stereocenters. The zero-order valence-electron chi connectivity index (χ0n) is 15.2. The van der Waals surface area contributed by atoms with Crippen LogP contribution >= 0.6 is 12.4 Å². The summed E-state index contributed by atoms with van der Waals surface area (Å²) in [5, 5.41) is 2.92. The Balaban J connectivity index is 0.00000338. The first kappa shape index (κ1) is 21.9. The molecule has 0 saturated heterocycles. The van der Waals surface area contributed by atoms with Gasteiger partial charge in [-0.1, -0.05) is 38.1 Å². The molecule has 0 heterocycles. The quantitative estimate of drug-likeness (QED) is 0.763. The summed E-state index contributed by atoms with van der Waals surface area (Å²) in [6.07, 6.45) is 0. The Morgan fingerprint density at radius 2 is 1.65 bits per heavy atom. The molecular formula is C20H26ClFN2O2. The van der Waals surface area contributed by atoms with Crippen molar-refractivity contribution in [2.45, 2.75) is 39.5 Å². The number of carbonyl (C=O) groups is 1. The smallest absolute Gasteiger partial charge is 0.237 e. The zero-order chi connectivity index (χ0) is 18.4. The summed E-state index contributed by atoms with van der Waals surface area (Å²) in [6, 6.07) is 13.1. The molecule has 2 aromatic rings. The normalized spacial score (nSPS) is 12.8. The van der Waals surface area contributed by atoms with E-state index in [0.29, 0.717) is 12.4 Å². The molecule has 142 valence electrons. The minimum absolute atomic E-state index is 0. The standard InChI is InChI=1S/C20H25FN2O2.ClH/c1-13(2)19(22)20(24)23-14(3)16-6-10-18(11-7-16)25-12-15-4-8-17(21)9-5-15;/h4-11,13-14,19H,12,22H2,1-3H3,(H,23,24);1H/t14?,19-;/m0./s1.